The van der Waals surface area contributed by atoms with Crippen LogP contribution in [0.5, 0.6) is 0 Å². The molecule has 0 bridgehead atoms. The Morgan fingerprint density at radius 3 is 2.90 bits per heavy atom. The molecule has 0 unspecified atom stereocenters. The molecule has 0 saturated carbocycles. The van der Waals surface area contributed by atoms with Gasteiger partial charge in [0.1, 0.15) is 5.01 Å². The Morgan fingerprint density at radius 1 is 1.48 bits per heavy atom. The molecule has 21 heavy (non-hydrogen) atoms. The second-order valence-corrected chi connectivity index (χ2v) is 6.02. The SMILES string of the molecule is CC(C)CNCc1nc(-c2ccc(F)c([N+](=O)[O-])c2)cs1. The van der Waals surface area contributed by atoms with Crippen LogP contribution in [0.25, 0.3) is 11.3 Å². The minimum atomic E-state index is -0.835. The molecule has 1 heterocycles. The van der Waals surface area contributed by atoms with Gasteiger partial charge in [-0.1, -0.05) is 13.8 Å². The Kier molecular flexibility index (Phi) is 4.98. The molecule has 0 amide bonds. The van der Waals surface area contributed by atoms with Crippen LogP contribution in [-0.2, 0) is 6.54 Å². The molecule has 5 nitrogen and oxygen atoms in total. The summed E-state index contributed by atoms with van der Waals surface area (Å²) in [5.41, 5.74) is 0.652. The van der Waals surface area contributed by atoms with Crippen molar-refractivity contribution in [2.75, 3.05) is 6.54 Å². The number of hydrogen-bond donors (Lipinski definition) is 1. The molecule has 1 aromatic heterocycles. The van der Waals surface area contributed by atoms with Crippen molar-refractivity contribution >= 4 is 17.0 Å². The summed E-state index contributed by atoms with van der Waals surface area (Å²) in [6.07, 6.45) is 0. The van der Waals surface area contributed by atoms with E-state index in [2.05, 4.69) is 24.1 Å². The fraction of sp³-hybridized carbons (Fsp3) is 0.357. The topological polar surface area (TPSA) is 68.1 Å². The zero-order valence-electron chi connectivity index (χ0n) is 11.8. The summed E-state index contributed by atoms with van der Waals surface area (Å²) in [5, 5.41) is 16.8. The molecule has 1 N–H and O–H groups in total. The predicted octanol–water partition coefficient (Wildman–Crippen LogP) is 3.60. The first-order chi connectivity index (χ1) is 9.97. The van der Waals surface area contributed by atoms with E-state index in [0.29, 0.717) is 23.7 Å². The van der Waals surface area contributed by atoms with E-state index in [1.807, 2.05) is 5.38 Å². The van der Waals surface area contributed by atoms with Crippen molar-refractivity contribution in [1.29, 1.82) is 0 Å². The highest BCUT2D eigenvalue weighted by atomic mass is 32.1. The number of benzene rings is 1. The lowest BCUT2D eigenvalue weighted by atomic mass is 10.1. The van der Waals surface area contributed by atoms with E-state index >= 15 is 0 Å². The molecular formula is C14H16FN3O2S. The van der Waals surface area contributed by atoms with Crippen LogP contribution in [0.3, 0.4) is 0 Å². The molecule has 0 aliphatic heterocycles. The quantitative estimate of drug-likeness (QED) is 0.654. The molecule has 0 aliphatic rings. The van der Waals surface area contributed by atoms with Crippen molar-refractivity contribution < 1.29 is 9.31 Å². The van der Waals surface area contributed by atoms with Crippen LogP contribution in [0, 0.1) is 21.8 Å². The van der Waals surface area contributed by atoms with Crippen LogP contribution in [0.2, 0.25) is 0 Å². The fourth-order valence-electron chi connectivity index (χ4n) is 1.80. The van der Waals surface area contributed by atoms with Crippen molar-refractivity contribution in [3.63, 3.8) is 0 Å². The molecule has 0 radical (unpaired) electrons. The third-order valence-corrected chi connectivity index (χ3v) is 3.67. The molecule has 7 heteroatoms. The maximum Gasteiger partial charge on any atom is 0.305 e. The van der Waals surface area contributed by atoms with E-state index in [-0.39, 0.29) is 0 Å². The molecule has 0 atom stereocenters. The first kappa shape index (κ1) is 15.5. The number of nitrogens with one attached hydrogen (secondary N) is 1. The summed E-state index contributed by atoms with van der Waals surface area (Å²) in [4.78, 5) is 14.4. The number of rotatable bonds is 6. The molecule has 0 saturated heterocycles. The van der Waals surface area contributed by atoms with Crippen LogP contribution < -0.4 is 5.32 Å². The number of halogens is 1. The molecule has 2 aromatic rings. The van der Waals surface area contributed by atoms with E-state index in [0.717, 1.165) is 17.6 Å². The largest absolute Gasteiger partial charge is 0.310 e. The first-order valence-electron chi connectivity index (χ1n) is 6.57. The average molecular weight is 309 g/mol. The van der Waals surface area contributed by atoms with Crippen LogP contribution >= 0.6 is 11.3 Å². The van der Waals surface area contributed by atoms with Gasteiger partial charge in [-0.2, -0.15) is 4.39 Å². The maximum atomic E-state index is 13.3. The number of nitro groups is 1. The minimum absolute atomic E-state index is 0.528. The van der Waals surface area contributed by atoms with Crippen LogP contribution in [0.15, 0.2) is 23.6 Å². The Balaban J connectivity index is 2.14. The van der Waals surface area contributed by atoms with Crippen LogP contribution in [0.1, 0.15) is 18.9 Å². The van der Waals surface area contributed by atoms with Gasteiger partial charge in [0.2, 0.25) is 5.82 Å². The Morgan fingerprint density at radius 2 is 2.24 bits per heavy atom. The van der Waals surface area contributed by atoms with Crippen molar-refractivity contribution in [3.05, 3.63) is 44.5 Å². The van der Waals surface area contributed by atoms with Gasteiger partial charge in [0, 0.05) is 23.6 Å². The van der Waals surface area contributed by atoms with E-state index in [1.54, 1.807) is 0 Å². The lowest BCUT2D eigenvalue weighted by molar-refractivity contribution is -0.387. The van der Waals surface area contributed by atoms with Crippen molar-refractivity contribution in [2.45, 2.75) is 20.4 Å². The molecule has 0 fully saturated rings. The zero-order chi connectivity index (χ0) is 15.4. The van der Waals surface area contributed by atoms with Crippen molar-refractivity contribution in [1.82, 2.24) is 10.3 Å². The standard InChI is InChI=1S/C14H16FN3O2S/c1-9(2)6-16-7-14-17-12(8-21-14)10-3-4-11(15)13(5-10)18(19)20/h3-5,8-9,16H,6-7H2,1-2H3. The summed E-state index contributed by atoms with van der Waals surface area (Å²) in [5.74, 6) is -0.276. The monoisotopic (exact) mass is 309 g/mol. The van der Waals surface area contributed by atoms with Gasteiger partial charge < -0.3 is 5.32 Å². The van der Waals surface area contributed by atoms with Gasteiger partial charge in [0.05, 0.1) is 10.6 Å². The number of hydrogen-bond acceptors (Lipinski definition) is 5. The normalized spacial score (nSPS) is 11.0. The van der Waals surface area contributed by atoms with E-state index in [1.165, 1.54) is 23.5 Å². The number of aromatic nitrogens is 1. The fourth-order valence-corrected chi connectivity index (χ4v) is 2.58. The molecule has 0 spiro atoms. The highest BCUT2D eigenvalue weighted by molar-refractivity contribution is 7.09. The smallest absolute Gasteiger partial charge is 0.305 e. The number of nitrogens with zero attached hydrogens (tertiary/aromatic N) is 2. The second-order valence-electron chi connectivity index (χ2n) is 5.07. The van der Waals surface area contributed by atoms with Gasteiger partial charge in [-0.05, 0) is 24.6 Å². The predicted molar refractivity (Wildman–Crippen MR) is 80.7 cm³/mol. The third kappa shape index (κ3) is 4.05. The highest BCUT2D eigenvalue weighted by Gasteiger charge is 2.16. The van der Waals surface area contributed by atoms with E-state index in [9.17, 15) is 14.5 Å². The Labute approximate surface area is 126 Å². The van der Waals surface area contributed by atoms with Crippen molar-refractivity contribution in [2.24, 2.45) is 5.92 Å². The molecule has 1 aromatic carbocycles. The minimum Gasteiger partial charge on any atom is -0.310 e. The maximum absolute atomic E-state index is 13.3. The average Bonchev–Trinajstić information content (AvgIpc) is 2.87. The van der Waals surface area contributed by atoms with Gasteiger partial charge in [-0.25, -0.2) is 4.98 Å². The third-order valence-electron chi connectivity index (χ3n) is 2.82. The number of nitro benzene ring substituents is 1. The Bertz CT molecular complexity index is 643. The van der Waals surface area contributed by atoms with E-state index < -0.39 is 16.4 Å². The van der Waals surface area contributed by atoms with Crippen molar-refractivity contribution in [3.8, 4) is 11.3 Å². The zero-order valence-corrected chi connectivity index (χ0v) is 12.6. The first-order valence-corrected chi connectivity index (χ1v) is 7.44. The summed E-state index contributed by atoms with van der Waals surface area (Å²) in [6.45, 7) is 5.80. The van der Waals surface area contributed by atoms with Gasteiger partial charge in [-0.15, -0.1) is 11.3 Å². The van der Waals surface area contributed by atoms with Crippen LogP contribution in [-0.4, -0.2) is 16.5 Å². The summed E-state index contributed by atoms with van der Waals surface area (Å²) < 4.78 is 13.3. The second kappa shape index (κ2) is 6.73. The number of thiazole rings is 1. The molecular weight excluding hydrogens is 293 g/mol. The highest BCUT2D eigenvalue weighted by Crippen LogP contribution is 2.27. The summed E-state index contributed by atoms with van der Waals surface area (Å²) >= 11 is 1.48. The lowest BCUT2D eigenvalue weighted by Crippen LogP contribution is -2.18. The van der Waals surface area contributed by atoms with Gasteiger partial charge >= 0.3 is 5.69 Å². The van der Waals surface area contributed by atoms with Crippen LogP contribution in [0.4, 0.5) is 10.1 Å². The molecule has 2 rings (SSSR count). The Hall–Kier alpha value is -1.86. The summed E-state index contributed by atoms with van der Waals surface area (Å²) in [7, 11) is 0. The lowest BCUT2D eigenvalue weighted by Gasteiger charge is -2.04. The summed E-state index contributed by atoms with van der Waals surface area (Å²) in [6, 6.07) is 3.82. The van der Waals surface area contributed by atoms with E-state index in [4.69, 9.17) is 0 Å². The van der Waals surface area contributed by atoms with Gasteiger partial charge in [0.25, 0.3) is 0 Å². The van der Waals surface area contributed by atoms with Gasteiger partial charge in [0.15, 0.2) is 0 Å². The van der Waals surface area contributed by atoms with Gasteiger partial charge in [-0.3, -0.25) is 10.1 Å². The molecule has 0 aliphatic carbocycles. The molecule has 112 valence electrons.